The third kappa shape index (κ3) is 2.85. The van der Waals surface area contributed by atoms with Gasteiger partial charge in [-0.15, -0.1) is 0 Å². The van der Waals surface area contributed by atoms with Crippen LogP contribution in [0.15, 0.2) is 18.2 Å². The molecule has 0 spiro atoms. The molecule has 1 aromatic carbocycles. The number of rotatable bonds is 2. The van der Waals surface area contributed by atoms with Crippen LogP contribution in [-0.2, 0) is 4.74 Å². The minimum atomic E-state index is -0.105. The van der Waals surface area contributed by atoms with Gasteiger partial charge in [0.05, 0.1) is 12.2 Å². The molecule has 1 unspecified atom stereocenters. The Hall–Kier alpha value is -1.06. The van der Waals surface area contributed by atoms with Crippen LogP contribution in [0, 0.1) is 6.92 Å². The Bertz CT molecular complexity index is 429. The first-order chi connectivity index (χ1) is 8.39. The Labute approximate surface area is 109 Å². The summed E-state index contributed by atoms with van der Waals surface area (Å²) in [5, 5.41) is 10.0. The van der Waals surface area contributed by atoms with Crippen molar-refractivity contribution in [3.05, 3.63) is 29.3 Å². The van der Waals surface area contributed by atoms with Gasteiger partial charge in [0, 0.05) is 24.7 Å². The summed E-state index contributed by atoms with van der Waals surface area (Å²) in [5.41, 5.74) is 2.08. The van der Waals surface area contributed by atoms with Gasteiger partial charge < -0.3 is 9.84 Å². The number of phenolic OH excluding ortho intramolecular Hbond substituents is 1. The first-order valence-electron chi connectivity index (χ1n) is 6.56. The highest BCUT2D eigenvalue weighted by atomic mass is 16.5. The van der Waals surface area contributed by atoms with Crippen molar-refractivity contribution in [2.24, 2.45) is 0 Å². The van der Waals surface area contributed by atoms with Gasteiger partial charge in [-0.05, 0) is 33.8 Å². The number of aromatic hydroxyl groups is 1. The molecule has 0 aliphatic carbocycles. The van der Waals surface area contributed by atoms with Gasteiger partial charge in [-0.3, -0.25) is 4.90 Å². The van der Waals surface area contributed by atoms with Crippen molar-refractivity contribution in [1.82, 2.24) is 4.90 Å². The molecule has 3 heteroatoms. The van der Waals surface area contributed by atoms with Gasteiger partial charge in [0.25, 0.3) is 0 Å². The molecule has 18 heavy (non-hydrogen) atoms. The largest absolute Gasteiger partial charge is 0.508 e. The van der Waals surface area contributed by atoms with Crippen LogP contribution in [0.25, 0.3) is 0 Å². The van der Waals surface area contributed by atoms with Crippen LogP contribution >= 0.6 is 0 Å². The van der Waals surface area contributed by atoms with Gasteiger partial charge in [0.15, 0.2) is 0 Å². The molecular weight excluding hydrogens is 226 g/mol. The van der Waals surface area contributed by atoms with E-state index in [4.69, 9.17) is 4.74 Å². The van der Waals surface area contributed by atoms with E-state index >= 15 is 0 Å². The maximum absolute atomic E-state index is 10.0. The van der Waals surface area contributed by atoms with Gasteiger partial charge >= 0.3 is 0 Å². The van der Waals surface area contributed by atoms with Crippen molar-refractivity contribution in [2.45, 2.75) is 39.3 Å². The molecule has 3 nitrogen and oxygen atoms in total. The molecule has 1 atom stereocenters. The zero-order valence-corrected chi connectivity index (χ0v) is 11.7. The van der Waals surface area contributed by atoms with Crippen molar-refractivity contribution in [3.8, 4) is 5.75 Å². The van der Waals surface area contributed by atoms with Crippen molar-refractivity contribution < 1.29 is 9.84 Å². The van der Waals surface area contributed by atoms with E-state index in [2.05, 4.69) is 38.7 Å². The third-order valence-electron chi connectivity index (χ3n) is 3.64. The van der Waals surface area contributed by atoms with E-state index in [9.17, 15) is 5.11 Å². The van der Waals surface area contributed by atoms with Crippen LogP contribution < -0.4 is 0 Å². The molecule has 0 amide bonds. The molecule has 0 aromatic heterocycles. The van der Waals surface area contributed by atoms with Crippen LogP contribution in [-0.4, -0.2) is 35.3 Å². The number of nitrogens with zero attached hydrogens (tertiary/aromatic N) is 1. The summed E-state index contributed by atoms with van der Waals surface area (Å²) < 4.78 is 5.73. The Morgan fingerprint density at radius 2 is 2.11 bits per heavy atom. The summed E-state index contributed by atoms with van der Waals surface area (Å²) in [6.07, 6.45) is 0. The van der Waals surface area contributed by atoms with E-state index < -0.39 is 0 Å². The quantitative estimate of drug-likeness (QED) is 0.874. The Kier molecular flexibility index (Phi) is 3.64. The van der Waals surface area contributed by atoms with E-state index in [0.29, 0.717) is 5.75 Å². The minimum Gasteiger partial charge on any atom is -0.508 e. The first kappa shape index (κ1) is 13.4. The van der Waals surface area contributed by atoms with Crippen LogP contribution in [0.5, 0.6) is 5.75 Å². The molecule has 0 radical (unpaired) electrons. The molecule has 1 N–H and O–H groups in total. The Balaban J connectivity index is 2.20. The van der Waals surface area contributed by atoms with Gasteiger partial charge in [-0.25, -0.2) is 0 Å². The molecule has 1 aliphatic heterocycles. The Morgan fingerprint density at radius 3 is 2.78 bits per heavy atom. The number of benzene rings is 1. The van der Waals surface area contributed by atoms with E-state index in [0.717, 1.165) is 25.3 Å². The molecule has 1 aliphatic rings. The summed E-state index contributed by atoms with van der Waals surface area (Å²) in [7, 11) is 0. The normalized spacial score (nSPS) is 21.8. The number of aryl methyl sites for hydroxylation is 1. The average Bonchev–Trinajstić information content (AvgIpc) is 2.30. The molecule has 100 valence electrons. The van der Waals surface area contributed by atoms with E-state index in [1.54, 1.807) is 6.07 Å². The zero-order valence-electron chi connectivity index (χ0n) is 11.7. The first-order valence-corrected chi connectivity index (χ1v) is 6.56. The highest BCUT2D eigenvalue weighted by Crippen LogP contribution is 2.31. The second-order valence-corrected chi connectivity index (χ2v) is 5.82. The predicted molar refractivity (Wildman–Crippen MR) is 72.9 cm³/mol. The molecular formula is C15H23NO2. The summed E-state index contributed by atoms with van der Waals surface area (Å²) >= 11 is 0. The SMILES string of the molecule is Cc1ccc(O)c(C(C)N2CCOC(C)(C)C2)c1. The topological polar surface area (TPSA) is 32.7 Å². The smallest absolute Gasteiger partial charge is 0.120 e. The summed E-state index contributed by atoms with van der Waals surface area (Å²) in [6, 6.07) is 6.01. The van der Waals surface area contributed by atoms with Gasteiger partial charge in [-0.1, -0.05) is 17.7 Å². The van der Waals surface area contributed by atoms with E-state index in [-0.39, 0.29) is 11.6 Å². The number of hydrogen-bond donors (Lipinski definition) is 1. The lowest BCUT2D eigenvalue weighted by Crippen LogP contribution is -2.48. The second-order valence-electron chi connectivity index (χ2n) is 5.82. The van der Waals surface area contributed by atoms with E-state index in [1.165, 1.54) is 5.56 Å². The fraction of sp³-hybridized carbons (Fsp3) is 0.600. The number of phenols is 1. The Morgan fingerprint density at radius 1 is 1.39 bits per heavy atom. The molecule has 1 aromatic rings. The highest BCUT2D eigenvalue weighted by molar-refractivity contribution is 5.37. The van der Waals surface area contributed by atoms with Crippen LogP contribution in [0.2, 0.25) is 0 Å². The van der Waals surface area contributed by atoms with Gasteiger partial charge in [-0.2, -0.15) is 0 Å². The molecule has 1 heterocycles. The maximum atomic E-state index is 10.0. The zero-order chi connectivity index (χ0) is 13.3. The number of hydrogen-bond acceptors (Lipinski definition) is 3. The molecule has 1 fully saturated rings. The summed E-state index contributed by atoms with van der Waals surface area (Å²) in [4.78, 5) is 2.37. The van der Waals surface area contributed by atoms with E-state index in [1.807, 2.05) is 6.07 Å². The third-order valence-corrected chi connectivity index (χ3v) is 3.64. The fourth-order valence-electron chi connectivity index (χ4n) is 2.59. The number of ether oxygens (including phenoxy) is 1. The lowest BCUT2D eigenvalue weighted by Gasteiger charge is -2.41. The molecule has 0 bridgehead atoms. The lowest BCUT2D eigenvalue weighted by molar-refractivity contribution is -0.0960. The van der Waals surface area contributed by atoms with Crippen LogP contribution in [0.4, 0.5) is 0 Å². The van der Waals surface area contributed by atoms with Crippen molar-refractivity contribution in [1.29, 1.82) is 0 Å². The predicted octanol–water partition coefficient (Wildman–Crippen LogP) is 2.87. The molecule has 1 saturated heterocycles. The van der Waals surface area contributed by atoms with Gasteiger partial charge in [0.2, 0.25) is 0 Å². The number of morpholine rings is 1. The van der Waals surface area contributed by atoms with Crippen LogP contribution in [0.3, 0.4) is 0 Å². The fourth-order valence-corrected chi connectivity index (χ4v) is 2.59. The standard InChI is InChI=1S/C15H23NO2/c1-11-5-6-14(17)13(9-11)12(2)16-7-8-18-15(3,4)10-16/h5-6,9,12,17H,7-8,10H2,1-4H3. The lowest BCUT2D eigenvalue weighted by atomic mass is 10.00. The van der Waals surface area contributed by atoms with Crippen molar-refractivity contribution in [2.75, 3.05) is 19.7 Å². The summed E-state index contributed by atoms with van der Waals surface area (Å²) in [6.45, 7) is 11.0. The average molecular weight is 249 g/mol. The summed E-state index contributed by atoms with van der Waals surface area (Å²) in [5.74, 6) is 0.386. The molecule has 2 rings (SSSR count). The monoisotopic (exact) mass is 249 g/mol. The maximum Gasteiger partial charge on any atom is 0.120 e. The van der Waals surface area contributed by atoms with Crippen molar-refractivity contribution >= 4 is 0 Å². The second kappa shape index (κ2) is 4.90. The van der Waals surface area contributed by atoms with Crippen LogP contribution in [0.1, 0.15) is 37.9 Å². The highest BCUT2D eigenvalue weighted by Gasteiger charge is 2.30. The minimum absolute atomic E-state index is 0.105. The molecule has 0 saturated carbocycles. The van der Waals surface area contributed by atoms with Gasteiger partial charge in [0.1, 0.15) is 5.75 Å². The van der Waals surface area contributed by atoms with Crippen molar-refractivity contribution in [3.63, 3.8) is 0 Å².